The molecule has 5 heteroatoms. The zero-order valence-corrected chi connectivity index (χ0v) is 13.8. The van der Waals surface area contributed by atoms with Crippen molar-refractivity contribution in [2.45, 2.75) is 25.7 Å². The van der Waals surface area contributed by atoms with Crippen LogP contribution in [0.3, 0.4) is 0 Å². The van der Waals surface area contributed by atoms with Crippen molar-refractivity contribution in [2.75, 3.05) is 13.2 Å². The highest BCUT2D eigenvalue weighted by Gasteiger charge is 2.33. The van der Waals surface area contributed by atoms with Gasteiger partial charge in [-0.05, 0) is 47.0 Å². The summed E-state index contributed by atoms with van der Waals surface area (Å²) in [5, 5.41) is 12.5. The van der Waals surface area contributed by atoms with Crippen LogP contribution in [-0.2, 0) is 0 Å². The van der Waals surface area contributed by atoms with Crippen LogP contribution < -0.4 is 5.32 Å². The first-order valence-electron chi connectivity index (χ1n) is 6.40. The Morgan fingerprint density at radius 1 is 1.32 bits per heavy atom. The van der Waals surface area contributed by atoms with Gasteiger partial charge in [0.25, 0.3) is 5.91 Å². The summed E-state index contributed by atoms with van der Waals surface area (Å²) in [5.41, 5.74) is 0.506. The highest BCUT2D eigenvalue weighted by Crippen LogP contribution is 2.37. The molecule has 1 aromatic rings. The van der Waals surface area contributed by atoms with Crippen LogP contribution >= 0.6 is 31.9 Å². The smallest absolute Gasteiger partial charge is 0.252 e. The van der Waals surface area contributed by atoms with E-state index in [0.29, 0.717) is 12.1 Å². The van der Waals surface area contributed by atoms with Crippen LogP contribution in [0.15, 0.2) is 27.1 Å². The van der Waals surface area contributed by atoms with Crippen LogP contribution in [0.25, 0.3) is 0 Å². The predicted molar refractivity (Wildman–Crippen MR) is 82.2 cm³/mol. The third-order valence-electron chi connectivity index (χ3n) is 3.80. The van der Waals surface area contributed by atoms with Crippen molar-refractivity contribution in [1.82, 2.24) is 5.32 Å². The molecule has 1 fully saturated rings. The van der Waals surface area contributed by atoms with Gasteiger partial charge in [-0.15, -0.1) is 0 Å². The molecular weight excluding hydrogens is 374 g/mol. The summed E-state index contributed by atoms with van der Waals surface area (Å²) in [4.78, 5) is 12.2. The van der Waals surface area contributed by atoms with Gasteiger partial charge < -0.3 is 10.4 Å². The molecule has 0 radical (unpaired) electrons. The lowest BCUT2D eigenvalue weighted by atomic mass is 9.87. The highest BCUT2D eigenvalue weighted by atomic mass is 79.9. The largest absolute Gasteiger partial charge is 0.396 e. The maximum absolute atomic E-state index is 12.2. The summed E-state index contributed by atoms with van der Waals surface area (Å²) >= 11 is 6.75. The number of benzene rings is 1. The van der Waals surface area contributed by atoms with Crippen molar-refractivity contribution in [3.05, 3.63) is 32.7 Å². The number of amides is 1. The number of rotatable bonds is 4. The summed E-state index contributed by atoms with van der Waals surface area (Å²) in [5.74, 6) is -0.0981. The molecule has 1 saturated carbocycles. The topological polar surface area (TPSA) is 49.3 Å². The van der Waals surface area contributed by atoms with Crippen LogP contribution in [0.2, 0.25) is 0 Å². The maximum atomic E-state index is 12.2. The average molecular weight is 391 g/mol. The van der Waals surface area contributed by atoms with Gasteiger partial charge in [-0.2, -0.15) is 0 Å². The number of carbonyl (C=O) groups excluding carboxylic acids is 1. The molecule has 2 rings (SSSR count). The summed E-state index contributed by atoms with van der Waals surface area (Å²) < 4.78 is 1.70. The molecule has 0 saturated heterocycles. The van der Waals surface area contributed by atoms with E-state index in [4.69, 9.17) is 0 Å². The minimum absolute atomic E-state index is 0.0981. The molecule has 0 unspecified atom stereocenters. The number of nitrogens with one attached hydrogen (secondary N) is 1. The molecular formula is C14H17Br2NO2. The summed E-state index contributed by atoms with van der Waals surface area (Å²) in [6.07, 6.45) is 4.26. The molecule has 0 aliphatic heterocycles. The Labute approximate surface area is 130 Å². The molecule has 104 valence electrons. The van der Waals surface area contributed by atoms with E-state index in [1.807, 2.05) is 12.1 Å². The van der Waals surface area contributed by atoms with E-state index in [-0.39, 0.29) is 17.9 Å². The predicted octanol–water partition coefficient (Wildman–Crippen LogP) is 3.49. The van der Waals surface area contributed by atoms with Gasteiger partial charge in [0.05, 0.1) is 12.2 Å². The van der Waals surface area contributed by atoms with E-state index in [1.165, 1.54) is 0 Å². The molecule has 1 aromatic carbocycles. The summed E-state index contributed by atoms with van der Waals surface area (Å²) in [6, 6.07) is 5.48. The summed E-state index contributed by atoms with van der Waals surface area (Å²) in [7, 11) is 0. The van der Waals surface area contributed by atoms with E-state index in [2.05, 4.69) is 37.2 Å². The molecule has 0 heterocycles. The van der Waals surface area contributed by atoms with Crippen LogP contribution in [-0.4, -0.2) is 24.2 Å². The molecule has 19 heavy (non-hydrogen) atoms. The minimum atomic E-state index is -0.114. The molecule has 3 nitrogen and oxygen atoms in total. The summed E-state index contributed by atoms with van der Waals surface area (Å²) in [6.45, 7) is 0.694. The van der Waals surface area contributed by atoms with Crippen LogP contribution in [0.1, 0.15) is 36.0 Å². The second-order valence-corrected chi connectivity index (χ2v) is 6.94. The Hall–Kier alpha value is -0.390. The van der Waals surface area contributed by atoms with Gasteiger partial charge in [0.2, 0.25) is 0 Å². The van der Waals surface area contributed by atoms with Gasteiger partial charge in [0, 0.05) is 20.9 Å². The number of hydrogen-bond donors (Lipinski definition) is 2. The second-order valence-electron chi connectivity index (χ2n) is 5.17. The monoisotopic (exact) mass is 389 g/mol. The van der Waals surface area contributed by atoms with E-state index in [0.717, 1.165) is 34.6 Å². The molecule has 2 N–H and O–H groups in total. The normalized spacial score (nSPS) is 17.4. The molecule has 0 aromatic heterocycles. The SMILES string of the molecule is O=C(NCC1(CO)CCCC1)c1ccc(Br)cc1Br. The molecule has 1 amide bonds. The first-order chi connectivity index (χ1) is 9.06. The molecule has 0 spiro atoms. The average Bonchev–Trinajstić information content (AvgIpc) is 2.85. The standard InChI is InChI=1S/C14H17Br2NO2/c15-10-3-4-11(12(16)7-10)13(19)17-8-14(9-18)5-1-2-6-14/h3-4,7,18H,1-2,5-6,8-9H2,(H,17,19). The lowest BCUT2D eigenvalue weighted by molar-refractivity contribution is 0.0880. The number of aliphatic hydroxyl groups excluding tert-OH is 1. The Kier molecular flexibility index (Phi) is 5.03. The quantitative estimate of drug-likeness (QED) is 0.826. The van der Waals surface area contributed by atoms with Crippen molar-refractivity contribution < 1.29 is 9.90 Å². The highest BCUT2D eigenvalue weighted by molar-refractivity contribution is 9.11. The Balaban J connectivity index is 2.01. The number of halogens is 2. The van der Waals surface area contributed by atoms with Crippen LogP contribution in [0.4, 0.5) is 0 Å². The molecule has 1 aliphatic carbocycles. The Bertz CT molecular complexity index is 471. The van der Waals surface area contributed by atoms with E-state index in [1.54, 1.807) is 6.07 Å². The van der Waals surface area contributed by atoms with Crippen molar-refractivity contribution in [3.8, 4) is 0 Å². The third kappa shape index (κ3) is 3.58. The van der Waals surface area contributed by atoms with Crippen molar-refractivity contribution in [2.24, 2.45) is 5.41 Å². The van der Waals surface area contributed by atoms with Gasteiger partial charge in [-0.1, -0.05) is 28.8 Å². The van der Waals surface area contributed by atoms with Crippen molar-refractivity contribution in [3.63, 3.8) is 0 Å². The van der Waals surface area contributed by atoms with E-state index in [9.17, 15) is 9.90 Å². The van der Waals surface area contributed by atoms with Crippen LogP contribution in [0, 0.1) is 5.41 Å². The van der Waals surface area contributed by atoms with E-state index >= 15 is 0 Å². The lowest BCUT2D eigenvalue weighted by Crippen LogP contribution is -2.38. The van der Waals surface area contributed by atoms with Gasteiger partial charge >= 0.3 is 0 Å². The molecule has 0 atom stereocenters. The van der Waals surface area contributed by atoms with Gasteiger partial charge in [-0.25, -0.2) is 0 Å². The lowest BCUT2D eigenvalue weighted by Gasteiger charge is -2.26. The first-order valence-corrected chi connectivity index (χ1v) is 7.99. The van der Waals surface area contributed by atoms with Gasteiger partial charge in [0.1, 0.15) is 0 Å². The van der Waals surface area contributed by atoms with Gasteiger partial charge in [0.15, 0.2) is 0 Å². The zero-order valence-electron chi connectivity index (χ0n) is 10.6. The van der Waals surface area contributed by atoms with Crippen molar-refractivity contribution >= 4 is 37.8 Å². The fraction of sp³-hybridized carbons (Fsp3) is 0.500. The molecule has 0 bridgehead atoms. The Morgan fingerprint density at radius 3 is 2.58 bits per heavy atom. The van der Waals surface area contributed by atoms with Crippen LogP contribution in [0.5, 0.6) is 0 Å². The minimum Gasteiger partial charge on any atom is -0.396 e. The van der Waals surface area contributed by atoms with Crippen molar-refractivity contribution in [1.29, 1.82) is 0 Å². The first kappa shape index (κ1) is 15.0. The second kappa shape index (κ2) is 6.37. The Morgan fingerprint density at radius 2 is 2.00 bits per heavy atom. The van der Waals surface area contributed by atoms with Gasteiger partial charge in [-0.3, -0.25) is 4.79 Å². The number of carbonyl (C=O) groups is 1. The fourth-order valence-corrected chi connectivity index (χ4v) is 3.78. The maximum Gasteiger partial charge on any atom is 0.252 e. The third-order valence-corrected chi connectivity index (χ3v) is 4.95. The fourth-order valence-electron chi connectivity index (χ4n) is 2.55. The zero-order chi connectivity index (χ0) is 13.9. The number of hydrogen-bond acceptors (Lipinski definition) is 2. The number of aliphatic hydroxyl groups is 1. The van der Waals surface area contributed by atoms with E-state index < -0.39 is 0 Å². The molecule has 1 aliphatic rings.